The van der Waals surface area contributed by atoms with Crippen LogP contribution in [-0.4, -0.2) is 48.3 Å². The summed E-state index contributed by atoms with van der Waals surface area (Å²) in [7, 11) is 1.98. The number of hydrogen-bond acceptors (Lipinski definition) is 4. The topological polar surface area (TPSA) is 68.3 Å². The molecule has 3 aromatic heterocycles. The van der Waals surface area contributed by atoms with E-state index in [0.717, 1.165) is 24.1 Å². The standard InChI is InChI=1S/C21H20N6O/c1-25-18-9-13-26(21(28)17-14-19-22-10-5-11-27(19)23-17)12-8-16(18)20(24-25)15-6-3-2-4-7-15/h2-7,10-11,14H,8-9,12-13H2,1H3. The molecule has 1 aromatic carbocycles. The molecule has 0 aliphatic carbocycles. The van der Waals surface area contributed by atoms with Crippen molar-refractivity contribution in [2.45, 2.75) is 12.8 Å². The highest BCUT2D eigenvalue weighted by Crippen LogP contribution is 2.28. The average molecular weight is 372 g/mol. The molecule has 1 amide bonds. The van der Waals surface area contributed by atoms with E-state index in [0.29, 0.717) is 24.4 Å². The quantitative estimate of drug-likeness (QED) is 0.542. The van der Waals surface area contributed by atoms with Crippen LogP contribution in [-0.2, 0) is 19.9 Å². The fourth-order valence-corrected chi connectivity index (χ4v) is 3.91. The van der Waals surface area contributed by atoms with E-state index in [1.54, 1.807) is 29.0 Å². The van der Waals surface area contributed by atoms with Gasteiger partial charge in [0, 0.05) is 61.8 Å². The molecular weight excluding hydrogens is 352 g/mol. The minimum atomic E-state index is -0.0486. The summed E-state index contributed by atoms with van der Waals surface area (Å²) in [4.78, 5) is 19.2. The Morgan fingerprint density at radius 3 is 2.68 bits per heavy atom. The Hall–Kier alpha value is -3.48. The van der Waals surface area contributed by atoms with Crippen molar-refractivity contribution in [3.05, 3.63) is 71.8 Å². The number of aromatic nitrogens is 5. The summed E-state index contributed by atoms with van der Waals surface area (Å²) in [5.74, 6) is -0.0486. The number of amides is 1. The van der Waals surface area contributed by atoms with Crippen LogP contribution in [0.15, 0.2) is 54.9 Å². The molecule has 0 N–H and O–H groups in total. The van der Waals surface area contributed by atoms with E-state index >= 15 is 0 Å². The van der Waals surface area contributed by atoms with Crippen molar-refractivity contribution in [1.82, 2.24) is 29.3 Å². The van der Waals surface area contributed by atoms with Crippen LogP contribution in [0.2, 0.25) is 0 Å². The van der Waals surface area contributed by atoms with E-state index in [1.165, 1.54) is 11.3 Å². The molecule has 7 nitrogen and oxygen atoms in total. The largest absolute Gasteiger partial charge is 0.337 e. The van der Waals surface area contributed by atoms with Gasteiger partial charge in [-0.2, -0.15) is 10.2 Å². The minimum Gasteiger partial charge on any atom is -0.337 e. The molecule has 1 aliphatic rings. The van der Waals surface area contributed by atoms with Gasteiger partial charge in [-0.05, 0) is 12.5 Å². The van der Waals surface area contributed by atoms with E-state index in [-0.39, 0.29) is 5.91 Å². The summed E-state index contributed by atoms with van der Waals surface area (Å²) in [5.41, 5.74) is 5.69. The lowest BCUT2D eigenvalue weighted by Crippen LogP contribution is -2.33. The Kier molecular flexibility index (Phi) is 3.93. The first-order valence-corrected chi connectivity index (χ1v) is 9.40. The number of carbonyl (C=O) groups is 1. The molecule has 140 valence electrons. The van der Waals surface area contributed by atoms with Crippen molar-refractivity contribution in [3.8, 4) is 11.3 Å². The van der Waals surface area contributed by atoms with Crippen LogP contribution < -0.4 is 0 Å². The Morgan fingerprint density at radius 1 is 1.04 bits per heavy atom. The lowest BCUT2D eigenvalue weighted by atomic mass is 10.0. The second-order valence-corrected chi connectivity index (χ2v) is 7.01. The number of rotatable bonds is 2. The van der Waals surface area contributed by atoms with Crippen LogP contribution in [0.5, 0.6) is 0 Å². The third-order valence-corrected chi connectivity index (χ3v) is 5.31. The zero-order valence-corrected chi connectivity index (χ0v) is 15.6. The number of hydrogen-bond donors (Lipinski definition) is 0. The van der Waals surface area contributed by atoms with Crippen LogP contribution in [0.1, 0.15) is 21.7 Å². The van der Waals surface area contributed by atoms with Crippen LogP contribution in [0.25, 0.3) is 16.9 Å². The molecule has 0 atom stereocenters. The highest BCUT2D eigenvalue weighted by Gasteiger charge is 2.26. The van der Waals surface area contributed by atoms with Gasteiger partial charge in [-0.15, -0.1) is 0 Å². The molecule has 0 spiro atoms. The summed E-state index contributed by atoms with van der Waals surface area (Å²) in [5, 5.41) is 9.13. The summed E-state index contributed by atoms with van der Waals surface area (Å²) in [6.45, 7) is 1.31. The first-order valence-electron chi connectivity index (χ1n) is 9.40. The van der Waals surface area contributed by atoms with Gasteiger partial charge < -0.3 is 4.90 Å². The van der Waals surface area contributed by atoms with Gasteiger partial charge in [0.1, 0.15) is 0 Å². The zero-order chi connectivity index (χ0) is 19.1. The molecule has 0 saturated heterocycles. The summed E-state index contributed by atoms with van der Waals surface area (Å²) in [6, 6.07) is 13.8. The molecule has 5 rings (SSSR count). The molecule has 0 unspecified atom stereocenters. The van der Waals surface area contributed by atoms with Gasteiger partial charge in [-0.3, -0.25) is 9.48 Å². The maximum atomic E-state index is 13.0. The van der Waals surface area contributed by atoms with Crippen LogP contribution in [0.4, 0.5) is 0 Å². The van der Waals surface area contributed by atoms with Gasteiger partial charge in [0.2, 0.25) is 0 Å². The minimum absolute atomic E-state index is 0.0486. The Morgan fingerprint density at radius 2 is 1.86 bits per heavy atom. The maximum absolute atomic E-state index is 13.0. The summed E-state index contributed by atoms with van der Waals surface area (Å²) in [6.07, 6.45) is 5.06. The summed E-state index contributed by atoms with van der Waals surface area (Å²) < 4.78 is 3.59. The smallest absolute Gasteiger partial charge is 0.274 e. The second-order valence-electron chi connectivity index (χ2n) is 7.01. The monoisotopic (exact) mass is 372 g/mol. The molecule has 0 bridgehead atoms. The van der Waals surface area contributed by atoms with Crippen molar-refractivity contribution in [2.75, 3.05) is 13.1 Å². The molecule has 4 heterocycles. The van der Waals surface area contributed by atoms with E-state index in [9.17, 15) is 4.79 Å². The third-order valence-electron chi connectivity index (χ3n) is 5.31. The Labute approximate surface area is 162 Å². The molecule has 0 fully saturated rings. The third kappa shape index (κ3) is 2.76. The molecule has 7 heteroatoms. The predicted molar refractivity (Wildman–Crippen MR) is 105 cm³/mol. The first kappa shape index (κ1) is 16.7. The van der Waals surface area contributed by atoms with Crippen molar-refractivity contribution in [3.63, 3.8) is 0 Å². The van der Waals surface area contributed by atoms with Gasteiger partial charge in [-0.1, -0.05) is 30.3 Å². The molecule has 0 radical (unpaired) electrons. The normalized spacial score (nSPS) is 14.1. The van der Waals surface area contributed by atoms with Crippen molar-refractivity contribution < 1.29 is 4.79 Å². The number of nitrogens with zero attached hydrogens (tertiary/aromatic N) is 6. The Bertz CT molecular complexity index is 1130. The van der Waals surface area contributed by atoms with E-state index in [2.05, 4.69) is 22.2 Å². The van der Waals surface area contributed by atoms with Crippen LogP contribution >= 0.6 is 0 Å². The van der Waals surface area contributed by atoms with Gasteiger partial charge >= 0.3 is 0 Å². The van der Waals surface area contributed by atoms with Crippen molar-refractivity contribution in [2.24, 2.45) is 7.05 Å². The number of aryl methyl sites for hydroxylation is 1. The van der Waals surface area contributed by atoms with Gasteiger partial charge in [0.15, 0.2) is 11.3 Å². The van der Waals surface area contributed by atoms with Crippen molar-refractivity contribution in [1.29, 1.82) is 0 Å². The van der Waals surface area contributed by atoms with Gasteiger partial charge in [-0.25, -0.2) is 9.50 Å². The van der Waals surface area contributed by atoms with E-state index < -0.39 is 0 Å². The number of benzene rings is 1. The van der Waals surface area contributed by atoms with Gasteiger partial charge in [0.05, 0.1) is 5.69 Å². The van der Waals surface area contributed by atoms with Crippen LogP contribution in [0, 0.1) is 0 Å². The fraction of sp³-hybridized carbons (Fsp3) is 0.238. The molecule has 0 saturated carbocycles. The number of fused-ring (bicyclic) bond motifs is 2. The second kappa shape index (κ2) is 6.60. The Balaban J connectivity index is 1.43. The lowest BCUT2D eigenvalue weighted by Gasteiger charge is -2.19. The molecule has 28 heavy (non-hydrogen) atoms. The van der Waals surface area contributed by atoms with Crippen molar-refractivity contribution >= 4 is 11.6 Å². The highest BCUT2D eigenvalue weighted by atomic mass is 16.2. The van der Waals surface area contributed by atoms with E-state index in [1.807, 2.05) is 34.8 Å². The molecule has 4 aromatic rings. The van der Waals surface area contributed by atoms with Crippen LogP contribution in [0.3, 0.4) is 0 Å². The highest BCUT2D eigenvalue weighted by molar-refractivity contribution is 5.93. The maximum Gasteiger partial charge on any atom is 0.274 e. The zero-order valence-electron chi connectivity index (χ0n) is 15.6. The fourth-order valence-electron chi connectivity index (χ4n) is 3.91. The van der Waals surface area contributed by atoms with E-state index in [4.69, 9.17) is 5.10 Å². The molecule has 1 aliphatic heterocycles. The average Bonchev–Trinajstić information content (AvgIpc) is 3.21. The summed E-state index contributed by atoms with van der Waals surface area (Å²) >= 11 is 0. The first-order chi connectivity index (χ1) is 13.7. The molecular formula is C21H20N6O. The number of carbonyl (C=O) groups excluding carboxylic acids is 1. The predicted octanol–water partition coefficient (Wildman–Crippen LogP) is 2.37. The van der Waals surface area contributed by atoms with Gasteiger partial charge in [0.25, 0.3) is 5.91 Å². The SMILES string of the molecule is Cn1nc(-c2ccccc2)c2c1CCN(C(=O)c1cc3ncccn3n1)CC2. The lowest BCUT2D eigenvalue weighted by molar-refractivity contribution is 0.0756.